The summed E-state index contributed by atoms with van der Waals surface area (Å²) in [5, 5.41) is 19.4. The molecule has 1 fully saturated rings. The van der Waals surface area contributed by atoms with Crippen LogP contribution >= 0.6 is 0 Å². The molecule has 1 heterocycles. The summed E-state index contributed by atoms with van der Waals surface area (Å²) in [6.07, 6.45) is 2.06. The summed E-state index contributed by atoms with van der Waals surface area (Å²) in [5.74, 6) is -0.644. The van der Waals surface area contributed by atoms with Crippen LogP contribution in [0.25, 0.3) is 11.0 Å². The molecule has 1 aliphatic rings. The molecule has 0 bridgehead atoms. The van der Waals surface area contributed by atoms with Crippen LogP contribution in [0.3, 0.4) is 0 Å². The van der Waals surface area contributed by atoms with Crippen molar-refractivity contribution in [1.29, 1.82) is 0 Å². The SMILES string of the molecule is COc1cc2n[nH]nc2cc1C(=O)N(CC(=O)O)CC1CC1. The number of carbonyl (C=O) groups excluding carboxylic acids is 1. The van der Waals surface area contributed by atoms with E-state index in [1.54, 1.807) is 12.1 Å². The Hall–Kier alpha value is -2.64. The van der Waals surface area contributed by atoms with E-state index < -0.39 is 5.97 Å². The van der Waals surface area contributed by atoms with Crippen LogP contribution in [0.2, 0.25) is 0 Å². The number of fused-ring (bicyclic) bond motifs is 1. The number of carboxylic acids is 1. The zero-order valence-electron chi connectivity index (χ0n) is 12.1. The van der Waals surface area contributed by atoms with Crippen LogP contribution in [-0.2, 0) is 4.79 Å². The normalized spacial score (nSPS) is 14.0. The number of nitrogens with one attached hydrogen (secondary N) is 1. The highest BCUT2D eigenvalue weighted by Gasteiger charge is 2.30. The molecular formula is C14H16N4O4. The van der Waals surface area contributed by atoms with Crippen molar-refractivity contribution < 1.29 is 19.4 Å². The topological polar surface area (TPSA) is 108 Å². The van der Waals surface area contributed by atoms with Gasteiger partial charge in [-0.2, -0.15) is 15.4 Å². The zero-order chi connectivity index (χ0) is 15.7. The molecule has 1 saturated carbocycles. The van der Waals surface area contributed by atoms with Crippen molar-refractivity contribution >= 4 is 22.9 Å². The molecular weight excluding hydrogens is 288 g/mol. The molecule has 8 heteroatoms. The van der Waals surface area contributed by atoms with Crippen molar-refractivity contribution in [2.24, 2.45) is 5.92 Å². The van der Waals surface area contributed by atoms with Crippen molar-refractivity contribution in [3.05, 3.63) is 17.7 Å². The first-order chi connectivity index (χ1) is 10.6. The van der Waals surface area contributed by atoms with Gasteiger partial charge in [-0.3, -0.25) is 9.59 Å². The van der Waals surface area contributed by atoms with Crippen LogP contribution in [-0.4, -0.2) is 57.5 Å². The Balaban J connectivity index is 1.94. The van der Waals surface area contributed by atoms with Gasteiger partial charge >= 0.3 is 5.97 Å². The molecule has 0 radical (unpaired) electrons. The lowest BCUT2D eigenvalue weighted by Crippen LogP contribution is -2.37. The Morgan fingerprint density at radius 2 is 2.05 bits per heavy atom. The Morgan fingerprint density at radius 3 is 2.64 bits per heavy atom. The van der Waals surface area contributed by atoms with E-state index in [-0.39, 0.29) is 12.5 Å². The van der Waals surface area contributed by atoms with Gasteiger partial charge in [0, 0.05) is 12.6 Å². The van der Waals surface area contributed by atoms with Gasteiger partial charge in [-0.25, -0.2) is 0 Å². The number of aromatic amines is 1. The zero-order valence-corrected chi connectivity index (χ0v) is 12.1. The van der Waals surface area contributed by atoms with Crippen LogP contribution in [0.4, 0.5) is 0 Å². The second-order valence-electron chi connectivity index (χ2n) is 5.39. The van der Waals surface area contributed by atoms with E-state index in [4.69, 9.17) is 9.84 Å². The highest BCUT2D eigenvalue weighted by atomic mass is 16.5. The number of methoxy groups -OCH3 is 1. The number of carbonyl (C=O) groups is 2. The van der Waals surface area contributed by atoms with Crippen LogP contribution < -0.4 is 4.74 Å². The van der Waals surface area contributed by atoms with Crippen molar-refractivity contribution in [1.82, 2.24) is 20.3 Å². The Kier molecular flexibility index (Phi) is 3.66. The summed E-state index contributed by atoms with van der Waals surface area (Å²) in [7, 11) is 1.46. The minimum Gasteiger partial charge on any atom is -0.496 e. The summed E-state index contributed by atoms with van der Waals surface area (Å²) >= 11 is 0. The van der Waals surface area contributed by atoms with E-state index in [0.717, 1.165) is 12.8 Å². The van der Waals surface area contributed by atoms with Crippen molar-refractivity contribution in [3.8, 4) is 5.75 Å². The van der Waals surface area contributed by atoms with Gasteiger partial charge in [-0.05, 0) is 24.8 Å². The molecule has 2 aromatic rings. The van der Waals surface area contributed by atoms with Gasteiger partial charge < -0.3 is 14.7 Å². The number of benzene rings is 1. The first-order valence-electron chi connectivity index (χ1n) is 6.98. The minimum atomic E-state index is -1.03. The third-order valence-electron chi connectivity index (χ3n) is 3.66. The van der Waals surface area contributed by atoms with Gasteiger partial charge in [-0.15, -0.1) is 0 Å². The highest BCUT2D eigenvalue weighted by Crippen LogP contribution is 2.31. The molecule has 1 aromatic carbocycles. The number of hydrogen-bond donors (Lipinski definition) is 2. The van der Waals surface area contributed by atoms with Crippen LogP contribution in [0.5, 0.6) is 5.75 Å². The molecule has 0 spiro atoms. The molecule has 2 N–H and O–H groups in total. The summed E-state index contributed by atoms with van der Waals surface area (Å²) < 4.78 is 5.24. The summed E-state index contributed by atoms with van der Waals surface area (Å²) in [5.41, 5.74) is 1.41. The lowest BCUT2D eigenvalue weighted by Gasteiger charge is -2.21. The molecule has 0 atom stereocenters. The predicted molar refractivity (Wildman–Crippen MR) is 76.7 cm³/mol. The van der Waals surface area contributed by atoms with E-state index in [9.17, 15) is 9.59 Å². The van der Waals surface area contributed by atoms with Gasteiger partial charge in [0.1, 0.15) is 23.3 Å². The average Bonchev–Trinajstić information content (AvgIpc) is 3.19. The maximum Gasteiger partial charge on any atom is 0.323 e. The first-order valence-corrected chi connectivity index (χ1v) is 6.98. The molecule has 0 aliphatic heterocycles. The lowest BCUT2D eigenvalue weighted by atomic mass is 10.1. The fraction of sp³-hybridized carbons (Fsp3) is 0.429. The van der Waals surface area contributed by atoms with Gasteiger partial charge in [0.05, 0.1) is 12.7 Å². The van der Waals surface area contributed by atoms with E-state index in [2.05, 4.69) is 15.4 Å². The van der Waals surface area contributed by atoms with Crippen LogP contribution in [0, 0.1) is 5.92 Å². The van der Waals surface area contributed by atoms with E-state index in [0.29, 0.717) is 34.8 Å². The second-order valence-corrected chi connectivity index (χ2v) is 5.39. The third kappa shape index (κ3) is 2.85. The molecule has 22 heavy (non-hydrogen) atoms. The predicted octanol–water partition coefficient (Wildman–Crippen LogP) is 0.903. The highest BCUT2D eigenvalue weighted by molar-refractivity contribution is 6.01. The van der Waals surface area contributed by atoms with E-state index >= 15 is 0 Å². The third-order valence-corrected chi connectivity index (χ3v) is 3.66. The number of ether oxygens (including phenoxy) is 1. The van der Waals surface area contributed by atoms with Gasteiger partial charge in [0.15, 0.2) is 0 Å². The van der Waals surface area contributed by atoms with Crippen molar-refractivity contribution in [2.75, 3.05) is 20.2 Å². The number of aliphatic carboxylic acids is 1. The quantitative estimate of drug-likeness (QED) is 0.821. The summed E-state index contributed by atoms with van der Waals surface area (Å²) in [6, 6.07) is 3.18. The number of hydrogen-bond acceptors (Lipinski definition) is 5. The fourth-order valence-corrected chi connectivity index (χ4v) is 2.37. The molecule has 1 amide bonds. The largest absolute Gasteiger partial charge is 0.496 e. The standard InChI is InChI=1S/C14H16N4O4/c1-22-12-5-11-10(15-17-16-11)4-9(12)14(21)18(7-13(19)20)6-8-2-3-8/h4-5,8H,2-3,6-7H2,1H3,(H,19,20)(H,15,16,17). The molecule has 1 aromatic heterocycles. The lowest BCUT2D eigenvalue weighted by molar-refractivity contribution is -0.137. The molecule has 116 valence electrons. The maximum atomic E-state index is 12.7. The maximum absolute atomic E-state index is 12.7. The Morgan fingerprint density at radius 1 is 1.36 bits per heavy atom. The second kappa shape index (κ2) is 5.63. The van der Waals surface area contributed by atoms with Crippen molar-refractivity contribution in [3.63, 3.8) is 0 Å². The Bertz CT molecular complexity index is 723. The average molecular weight is 304 g/mol. The number of H-pyrrole nitrogens is 1. The van der Waals surface area contributed by atoms with Gasteiger partial charge in [0.2, 0.25) is 0 Å². The Labute approximate surface area is 126 Å². The van der Waals surface area contributed by atoms with Crippen LogP contribution in [0.1, 0.15) is 23.2 Å². The number of amides is 1. The number of rotatable bonds is 6. The number of nitrogens with zero attached hydrogens (tertiary/aromatic N) is 3. The van der Waals surface area contributed by atoms with Crippen molar-refractivity contribution in [2.45, 2.75) is 12.8 Å². The number of carboxylic acid groups (broad SMARTS) is 1. The molecule has 0 saturated heterocycles. The van der Waals surface area contributed by atoms with E-state index in [1.165, 1.54) is 12.0 Å². The molecule has 0 unspecified atom stereocenters. The molecule has 1 aliphatic carbocycles. The molecule has 8 nitrogen and oxygen atoms in total. The summed E-state index contributed by atoms with van der Waals surface area (Å²) in [6.45, 7) is 0.125. The number of aromatic nitrogens is 3. The van der Waals surface area contributed by atoms with Gasteiger partial charge in [-0.1, -0.05) is 0 Å². The molecule has 3 rings (SSSR count). The smallest absolute Gasteiger partial charge is 0.323 e. The monoisotopic (exact) mass is 304 g/mol. The van der Waals surface area contributed by atoms with E-state index in [1.807, 2.05) is 0 Å². The fourth-order valence-electron chi connectivity index (χ4n) is 2.37. The van der Waals surface area contributed by atoms with Crippen LogP contribution in [0.15, 0.2) is 12.1 Å². The minimum absolute atomic E-state index is 0.297. The first kappa shape index (κ1) is 14.3. The van der Waals surface area contributed by atoms with Gasteiger partial charge in [0.25, 0.3) is 5.91 Å². The summed E-state index contributed by atoms with van der Waals surface area (Å²) in [4.78, 5) is 25.1.